The number of nitrogens with one attached hydrogen (secondary N) is 1. The van der Waals surface area contributed by atoms with Crippen LogP contribution < -0.4 is 5.32 Å². The van der Waals surface area contributed by atoms with Crippen molar-refractivity contribution in [1.29, 1.82) is 0 Å². The van der Waals surface area contributed by atoms with Crippen LogP contribution in [0.25, 0.3) is 11.5 Å². The summed E-state index contributed by atoms with van der Waals surface area (Å²) in [4.78, 5) is 12.6. The molecule has 3 aromatic rings. The molecule has 1 N–H and O–H groups in total. The Morgan fingerprint density at radius 2 is 1.79 bits per heavy atom. The van der Waals surface area contributed by atoms with Crippen molar-refractivity contribution >= 4 is 33.4 Å². The number of rotatable bonds is 7. The molecule has 1 fully saturated rings. The number of nitrogens with zero attached hydrogens (tertiary/aromatic N) is 3. The van der Waals surface area contributed by atoms with Gasteiger partial charge in [0.1, 0.15) is 0 Å². The smallest absolute Gasteiger partial charge is 0.277 e. The molecule has 1 aliphatic heterocycles. The van der Waals surface area contributed by atoms with Crippen LogP contribution in [-0.2, 0) is 14.8 Å². The van der Waals surface area contributed by atoms with Gasteiger partial charge in [0.2, 0.25) is 21.8 Å². The number of carbonyl (C=O) groups is 1. The first-order valence-electron chi connectivity index (χ1n) is 10.9. The Hall–Kier alpha value is -2.69. The van der Waals surface area contributed by atoms with Gasteiger partial charge in [0.05, 0.1) is 10.6 Å². The summed E-state index contributed by atoms with van der Waals surface area (Å²) in [6.45, 7) is 3.09. The number of aromatic nitrogens is 2. The quantitative estimate of drug-likeness (QED) is 0.495. The van der Waals surface area contributed by atoms with Gasteiger partial charge in [0, 0.05) is 24.3 Å². The number of amides is 1. The molecule has 0 spiro atoms. The molecule has 10 heteroatoms. The lowest BCUT2D eigenvalue weighted by atomic mass is 10.1. The Morgan fingerprint density at radius 3 is 2.48 bits per heavy atom. The fraction of sp³-hybridized carbons (Fsp3) is 0.348. The second-order valence-electron chi connectivity index (χ2n) is 7.92. The molecule has 1 aromatic heterocycles. The Balaban J connectivity index is 1.32. The van der Waals surface area contributed by atoms with Gasteiger partial charge in [0.15, 0.2) is 0 Å². The van der Waals surface area contributed by atoms with E-state index >= 15 is 0 Å². The van der Waals surface area contributed by atoms with Crippen molar-refractivity contribution in [3.8, 4) is 11.5 Å². The van der Waals surface area contributed by atoms with E-state index in [-0.39, 0.29) is 16.6 Å². The van der Waals surface area contributed by atoms with E-state index in [1.807, 2.05) is 31.2 Å². The third-order valence-electron chi connectivity index (χ3n) is 5.34. The first kappa shape index (κ1) is 23.5. The third-order valence-corrected chi connectivity index (χ3v) is 8.07. The predicted octanol–water partition coefficient (Wildman–Crippen LogP) is 4.34. The van der Waals surface area contributed by atoms with E-state index in [0.29, 0.717) is 29.9 Å². The van der Waals surface area contributed by atoms with Crippen LogP contribution in [0.4, 0.5) is 5.69 Å². The Kier molecular flexibility index (Phi) is 7.46. The molecule has 2 heterocycles. The lowest BCUT2D eigenvalue weighted by molar-refractivity contribution is -0.113. The molecular formula is C23H26N4O4S2. The zero-order valence-electron chi connectivity index (χ0n) is 18.4. The number of hydrogen-bond acceptors (Lipinski definition) is 7. The van der Waals surface area contributed by atoms with Crippen molar-refractivity contribution in [1.82, 2.24) is 14.5 Å². The highest BCUT2D eigenvalue weighted by atomic mass is 32.2. The summed E-state index contributed by atoms with van der Waals surface area (Å²) >= 11 is 1.14. The summed E-state index contributed by atoms with van der Waals surface area (Å²) in [6, 6.07) is 14.0. The molecule has 8 nitrogen and oxygen atoms in total. The minimum atomic E-state index is -3.51. The Morgan fingerprint density at radius 1 is 1.06 bits per heavy atom. The Bertz CT molecular complexity index is 1200. The van der Waals surface area contributed by atoms with E-state index < -0.39 is 10.0 Å². The number of sulfonamides is 1. The van der Waals surface area contributed by atoms with E-state index in [9.17, 15) is 13.2 Å². The molecule has 2 aromatic carbocycles. The van der Waals surface area contributed by atoms with E-state index in [1.54, 1.807) is 16.4 Å². The van der Waals surface area contributed by atoms with Crippen molar-refractivity contribution in [2.24, 2.45) is 0 Å². The summed E-state index contributed by atoms with van der Waals surface area (Å²) in [5.41, 5.74) is 2.44. The lowest BCUT2D eigenvalue weighted by Gasteiger charge is -2.20. The normalized spacial score (nSPS) is 15.2. The molecule has 33 heavy (non-hydrogen) atoms. The number of carbonyl (C=O) groups excluding carboxylic acids is 1. The first-order chi connectivity index (χ1) is 15.9. The molecule has 0 aliphatic carbocycles. The molecule has 0 radical (unpaired) electrons. The van der Waals surface area contributed by atoms with Gasteiger partial charge < -0.3 is 9.73 Å². The van der Waals surface area contributed by atoms with Crippen molar-refractivity contribution in [3.05, 3.63) is 54.1 Å². The summed E-state index contributed by atoms with van der Waals surface area (Å²) < 4.78 is 32.9. The van der Waals surface area contributed by atoms with Crippen molar-refractivity contribution in [3.63, 3.8) is 0 Å². The number of anilines is 1. The summed E-state index contributed by atoms with van der Waals surface area (Å²) in [5, 5.41) is 11.1. The summed E-state index contributed by atoms with van der Waals surface area (Å²) in [7, 11) is -3.51. The van der Waals surface area contributed by atoms with Gasteiger partial charge in [0.25, 0.3) is 5.22 Å². The lowest BCUT2D eigenvalue weighted by Crippen LogP contribution is -2.31. The highest BCUT2D eigenvalue weighted by Crippen LogP contribution is 2.25. The van der Waals surface area contributed by atoms with Crippen LogP contribution >= 0.6 is 11.8 Å². The van der Waals surface area contributed by atoms with E-state index in [2.05, 4.69) is 15.5 Å². The average Bonchev–Trinajstić information content (AvgIpc) is 3.10. The molecule has 1 saturated heterocycles. The van der Waals surface area contributed by atoms with Gasteiger partial charge in [-0.3, -0.25) is 4.79 Å². The topological polar surface area (TPSA) is 105 Å². The maximum absolute atomic E-state index is 12.9. The predicted molar refractivity (Wildman–Crippen MR) is 127 cm³/mol. The molecular weight excluding hydrogens is 460 g/mol. The van der Waals surface area contributed by atoms with Gasteiger partial charge in [-0.2, -0.15) is 4.31 Å². The highest BCUT2D eigenvalue weighted by Gasteiger charge is 2.25. The largest absolute Gasteiger partial charge is 0.411 e. The number of aryl methyl sites for hydroxylation is 1. The molecule has 0 saturated carbocycles. The summed E-state index contributed by atoms with van der Waals surface area (Å²) in [5.74, 6) is 0.241. The fourth-order valence-corrected chi connectivity index (χ4v) is 5.71. The molecule has 1 aliphatic rings. The molecule has 174 valence electrons. The Labute approximate surface area is 197 Å². The van der Waals surface area contributed by atoms with E-state index in [1.165, 1.54) is 12.1 Å². The van der Waals surface area contributed by atoms with Crippen LogP contribution in [-0.4, -0.2) is 47.7 Å². The summed E-state index contributed by atoms with van der Waals surface area (Å²) in [6.07, 6.45) is 3.90. The van der Waals surface area contributed by atoms with Gasteiger partial charge in [-0.1, -0.05) is 42.3 Å². The number of thioether (sulfide) groups is 1. The minimum Gasteiger partial charge on any atom is -0.411 e. The van der Waals surface area contributed by atoms with Crippen molar-refractivity contribution in [2.45, 2.75) is 42.7 Å². The van der Waals surface area contributed by atoms with E-state index in [0.717, 1.165) is 48.6 Å². The zero-order chi connectivity index (χ0) is 23.3. The molecule has 0 atom stereocenters. The van der Waals surface area contributed by atoms with Gasteiger partial charge in [-0.15, -0.1) is 10.2 Å². The van der Waals surface area contributed by atoms with Crippen molar-refractivity contribution in [2.75, 3.05) is 24.2 Å². The second kappa shape index (κ2) is 10.5. The molecule has 0 bridgehead atoms. The third kappa shape index (κ3) is 6.01. The molecule has 4 rings (SSSR count). The van der Waals surface area contributed by atoms with E-state index in [4.69, 9.17) is 4.42 Å². The second-order valence-corrected chi connectivity index (χ2v) is 10.8. The zero-order valence-corrected chi connectivity index (χ0v) is 20.0. The minimum absolute atomic E-state index is 0.0866. The maximum atomic E-state index is 12.9. The van der Waals surface area contributed by atoms with Crippen LogP contribution in [0, 0.1) is 6.92 Å². The molecule has 1 amide bonds. The van der Waals surface area contributed by atoms with Crippen LogP contribution in [0.2, 0.25) is 0 Å². The van der Waals surface area contributed by atoms with Crippen molar-refractivity contribution < 1.29 is 17.6 Å². The van der Waals surface area contributed by atoms with Gasteiger partial charge >= 0.3 is 0 Å². The van der Waals surface area contributed by atoms with Crippen LogP contribution in [0.1, 0.15) is 31.2 Å². The molecule has 0 unspecified atom stereocenters. The first-order valence-corrected chi connectivity index (χ1v) is 13.3. The maximum Gasteiger partial charge on any atom is 0.277 e. The standard InChI is InChI=1S/C23H26N4O4S2/c1-17-7-6-8-18(15-17)22-25-26-23(31-22)32-16-21(28)24-19-9-11-20(12-10-19)33(29,30)27-13-4-2-3-5-14-27/h6-12,15H,2-5,13-14,16H2,1H3,(H,24,28). The van der Waals surface area contributed by atoms with Crippen LogP contribution in [0.15, 0.2) is 63.1 Å². The van der Waals surface area contributed by atoms with Crippen LogP contribution in [0.5, 0.6) is 0 Å². The van der Waals surface area contributed by atoms with Gasteiger partial charge in [-0.25, -0.2) is 8.42 Å². The monoisotopic (exact) mass is 486 g/mol. The number of benzene rings is 2. The number of hydrogen-bond donors (Lipinski definition) is 1. The fourth-order valence-electron chi connectivity index (χ4n) is 3.63. The van der Waals surface area contributed by atoms with Gasteiger partial charge in [-0.05, 0) is 56.2 Å². The highest BCUT2D eigenvalue weighted by molar-refractivity contribution is 7.99. The average molecular weight is 487 g/mol. The SMILES string of the molecule is Cc1cccc(-c2nnc(SCC(=O)Nc3ccc(S(=O)(=O)N4CCCCCC4)cc3)o2)c1. The van der Waals surface area contributed by atoms with Crippen LogP contribution in [0.3, 0.4) is 0 Å².